The second-order valence-corrected chi connectivity index (χ2v) is 3.69. The van der Waals surface area contributed by atoms with Crippen LogP contribution in [0.2, 0.25) is 0 Å². The molecule has 0 bridgehead atoms. The molecule has 18 heavy (non-hydrogen) atoms. The molecular weight excluding hydrogens is 238 g/mol. The molecule has 1 amide bonds. The highest BCUT2D eigenvalue weighted by Crippen LogP contribution is 2.36. The number of fused-ring (bicyclic) bond motifs is 1. The Balaban J connectivity index is 2.61. The van der Waals surface area contributed by atoms with Crippen molar-refractivity contribution in [3.8, 4) is 5.75 Å². The largest absolute Gasteiger partial charge is 0.495 e. The first-order chi connectivity index (χ1) is 8.60. The molecule has 0 aliphatic carbocycles. The van der Waals surface area contributed by atoms with Crippen LogP contribution >= 0.6 is 0 Å². The molecule has 0 aromatic heterocycles. The molecule has 0 radical (unpaired) electrons. The minimum Gasteiger partial charge on any atom is -0.495 e. The Morgan fingerprint density at radius 3 is 2.33 bits per heavy atom. The van der Waals surface area contributed by atoms with Crippen molar-refractivity contribution in [2.45, 2.75) is 5.79 Å². The quantitative estimate of drug-likeness (QED) is 0.636. The van der Waals surface area contributed by atoms with Crippen LogP contribution in [0, 0.1) is 0 Å². The third-order valence-electron chi connectivity index (χ3n) is 2.90. The summed E-state index contributed by atoms with van der Waals surface area (Å²) < 4.78 is 15.0. The van der Waals surface area contributed by atoms with E-state index in [4.69, 9.17) is 14.2 Å². The number of ether oxygens (including phenoxy) is 3. The Labute approximate surface area is 104 Å². The number of anilines is 1. The van der Waals surface area contributed by atoms with Gasteiger partial charge in [0.2, 0.25) is 5.78 Å². The highest BCUT2D eigenvalue weighted by Gasteiger charge is 2.52. The van der Waals surface area contributed by atoms with Crippen molar-refractivity contribution < 1.29 is 23.8 Å². The van der Waals surface area contributed by atoms with Crippen LogP contribution in [0.3, 0.4) is 0 Å². The highest BCUT2D eigenvalue weighted by molar-refractivity contribution is 6.26. The number of rotatable bonds is 3. The van der Waals surface area contributed by atoms with Gasteiger partial charge in [0.1, 0.15) is 5.75 Å². The number of hydrogen-bond donors (Lipinski definition) is 1. The fraction of sp³-hybridized carbons (Fsp3) is 0.333. The van der Waals surface area contributed by atoms with Crippen molar-refractivity contribution in [2.75, 3.05) is 26.6 Å². The Bertz CT molecular complexity index is 507. The summed E-state index contributed by atoms with van der Waals surface area (Å²) in [6, 6.07) is 4.88. The number of Topliss-reactive ketones (excluding diaryl/α,β-unsaturated/α-hetero) is 1. The molecule has 0 saturated heterocycles. The second kappa shape index (κ2) is 4.40. The van der Waals surface area contributed by atoms with Gasteiger partial charge in [-0.25, -0.2) is 0 Å². The summed E-state index contributed by atoms with van der Waals surface area (Å²) in [5.74, 6) is -2.74. The van der Waals surface area contributed by atoms with E-state index in [1.165, 1.54) is 21.3 Å². The molecule has 96 valence electrons. The predicted molar refractivity (Wildman–Crippen MR) is 62.7 cm³/mol. The molecule has 1 N–H and O–H groups in total. The van der Waals surface area contributed by atoms with Crippen molar-refractivity contribution in [2.24, 2.45) is 0 Å². The van der Waals surface area contributed by atoms with Crippen LogP contribution in [0.1, 0.15) is 10.4 Å². The van der Waals surface area contributed by atoms with Gasteiger partial charge in [-0.15, -0.1) is 0 Å². The second-order valence-electron chi connectivity index (χ2n) is 3.69. The summed E-state index contributed by atoms with van der Waals surface area (Å²) in [5.41, 5.74) is 0.623. The van der Waals surface area contributed by atoms with Gasteiger partial charge < -0.3 is 19.5 Å². The van der Waals surface area contributed by atoms with Crippen LogP contribution in [0.4, 0.5) is 5.69 Å². The highest BCUT2D eigenvalue weighted by atomic mass is 16.7. The van der Waals surface area contributed by atoms with E-state index < -0.39 is 17.5 Å². The topological polar surface area (TPSA) is 73.9 Å². The van der Waals surface area contributed by atoms with E-state index in [0.717, 1.165) is 0 Å². The van der Waals surface area contributed by atoms with E-state index in [0.29, 0.717) is 11.4 Å². The maximum atomic E-state index is 12.3. The summed E-state index contributed by atoms with van der Waals surface area (Å²) in [6.07, 6.45) is 0. The van der Waals surface area contributed by atoms with Gasteiger partial charge in [0.25, 0.3) is 5.91 Å². The number of ketones is 1. The lowest BCUT2D eigenvalue weighted by Gasteiger charge is -2.32. The summed E-state index contributed by atoms with van der Waals surface area (Å²) in [4.78, 5) is 24.3. The first-order valence-corrected chi connectivity index (χ1v) is 5.24. The van der Waals surface area contributed by atoms with Crippen LogP contribution in [0.15, 0.2) is 18.2 Å². The zero-order valence-electron chi connectivity index (χ0n) is 10.3. The average molecular weight is 251 g/mol. The van der Waals surface area contributed by atoms with Gasteiger partial charge in [0.05, 0.1) is 18.4 Å². The predicted octanol–water partition coefficient (Wildman–Crippen LogP) is 0.819. The van der Waals surface area contributed by atoms with Gasteiger partial charge in [-0.3, -0.25) is 9.59 Å². The molecule has 0 atom stereocenters. The number of methoxy groups -OCH3 is 3. The summed E-state index contributed by atoms with van der Waals surface area (Å²) in [7, 11) is 3.94. The number of carbonyl (C=O) groups excluding carboxylic acids is 2. The fourth-order valence-electron chi connectivity index (χ4n) is 1.95. The molecule has 6 nitrogen and oxygen atoms in total. The zero-order chi connectivity index (χ0) is 13.3. The lowest BCUT2D eigenvalue weighted by atomic mass is 9.95. The number of benzene rings is 1. The van der Waals surface area contributed by atoms with Crippen LogP contribution in [-0.4, -0.2) is 38.8 Å². The van der Waals surface area contributed by atoms with Crippen molar-refractivity contribution in [1.82, 2.24) is 0 Å². The van der Waals surface area contributed by atoms with Gasteiger partial charge in [-0.05, 0) is 12.1 Å². The van der Waals surface area contributed by atoms with E-state index in [1.54, 1.807) is 18.2 Å². The molecule has 0 fully saturated rings. The number of carbonyl (C=O) groups is 2. The fourth-order valence-corrected chi connectivity index (χ4v) is 1.95. The zero-order valence-corrected chi connectivity index (χ0v) is 10.3. The van der Waals surface area contributed by atoms with Crippen molar-refractivity contribution >= 4 is 17.4 Å². The Kier molecular flexibility index (Phi) is 3.06. The SMILES string of the molecule is COc1cccc2c1NC(=O)C(OC)(OC)C2=O. The van der Waals surface area contributed by atoms with Gasteiger partial charge >= 0.3 is 5.79 Å². The van der Waals surface area contributed by atoms with Crippen LogP contribution in [-0.2, 0) is 14.3 Å². The van der Waals surface area contributed by atoms with Crippen LogP contribution in [0.5, 0.6) is 5.75 Å². The van der Waals surface area contributed by atoms with E-state index in [1.807, 2.05) is 0 Å². The van der Waals surface area contributed by atoms with E-state index in [-0.39, 0.29) is 5.56 Å². The maximum Gasteiger partial charge on any atom is 0.315 e. The molecular formula is C12H13NO5. The number of amides is 1. The minimum atomic E-state index is -1.93. The van der Waals surface area contributed by atoms with E-state index >= 15 is 0 Å². The minimum absolute atomic E-state index is 0.289. The molecule has 0 saturated carbocycles. The Morgan fingerprint density at radius 1 is 1.11 bits per heavy atom. The molecule has 1 aromatic rings. The molecule has 1 aromatic carbocycles. The van der Waals surface area contributed by atoms with E-state index in [2.05, 4.69) is 5.32 Å². The van der Waals surface area contributed by atoms with Gasteiger partial charge in [0, 0.05) is 14.2 Å². The first kappa shape index (κ1) is 12.5. The smallest absolute Gasteiger partial charge is 0.315 e. The Hall–Kier alpha value is -1.92. The first-order valence-electron chi connectivity index (χ1n) is 5.24. The summed E-state index contributed by atoms with van der Waals surface area (Å²) in [5, 5.41) is 2.57. The van der Waals surface area contributed by atoms with Crippen molar-refractivity contribution in [1.29, 1.82) is 0 Å². The van der Waals surface area contributed by atoms with Crippen molar-refractivity contribution in [3.05, 3.63) is 23.8 Å². The van der Waals surface area contributed by atoms with Gasteiger partial charge in [-0.1, -0.05) is 6.07 Å². The third-order valence-corrected chi connectivity index (χ3v) is 2.90. The maximum absolute atomic E-state index is 12.3. The monoisotopic (exact) mass is 251 g/mol. The van der Waals surface area contributed by atoms with Crippen molar-refractivity contribution in [3.63, 3.8) is 0 Å². The van der Waals surface area contributed by atoms with E-state index in [9.17, 15) is 9.59 Å². The Morgan fingerprint density at radius 2 is 1.78 bits per heavy atom. The molecule has 1 aliphatic heterocycles. The molecule has 1 heterocycles. The van der Waals surface area contributed by atoms with Gasteiger partial charge in [0.15, 0.2) is 0 Å². The van der Waals surface area contributed by atoms with Gasteiger partial charge in [-0.2, -0.15) is 0 Å². The lowest BCUT2D eigenvalue weighted by Crippen LogP contribution is -2.56. The molecule has 1 aliphatic rings. The number of nitrogens with one attached hydrogen (secondary N) is 1. The summed E-state index contributed by atoms with van der Waals surface area (Å²) >= 11 is 0. The molecule has 2 rings (SSSR count). The summed E-state index contributed by atoms with van der Waals surface area (Å²) in [6.45, 7) is 0. The van der Waals surface area contributed by atoms with Crippen LogP contribution in [0.25, 0.3) is 0 Å². The number of hydrogen-bond acceptors (Lipinski definition) is 5. The normalized spacial score (nSPS) is 17.1. The third kappa shape index (κ3) is 1.50. The lowest BCUT2D eigenvalue weighted by molar-refractivity contribution is -0.182. The molecule has 0 unspecified atom stereocenters. The standard InChI is InChI=1S/C12H13NO5/c1-16-8-6-4-5-7-9(8)13-11(15)12(17-2,18-3)10(7)14/h4-6H,1-3H3,(H,13,15). The van der Waals surface area contributed by atoms with Crippen LogP contribution < -0.4 is 10.1 Å². The average Bonchev–Trinajstić information content (AvgIpc) is 2.40. The number of para-hydroxylation sites is 1. The molecule has 6 heteroatoms. The molecule has 0 spiro atoms.